The predicted molar refractivity (Wildman–Crippen MR) is 99.2 cm³/mol. The molecule has 1 unspecified atom stereocenters. The van der Waals surface area contributed by atoms with E-state index in [1.165, 1.54) is 0 Å². The molecule has 9 heteroatoms. The van der Waals surface area contributed by atoms with E-state index in [1.54, 1.807) is 16.7 Å². The Morgan fingerprint density at radius 2 is 1.71 bits per heavy atom. The first-order valence-electron chi connectivity index (χ1n) is 7.15. The molecule has 0 aliphatic carbocycles. The number of benzene rings is 1. The van der Waals surface area contributed by atoms with E-state index >= 15 is 0 Å². The van der Waals surface area contributed by atoms with Gasteiger partial charge < -0.3 is 10.6 Å². The van der Waals surface area contributed by atoms with Gasteiger partial charge in [-0.1, -0.05) is 28.1 Å². The van der Waals surface area contributed by atoms with Crippen LogP contribution in [0.4, 0.5) is 8.78 Å². The van der Waals surface area contributed by atoms with Gasteiger partial charge in [0.25, 0.3) is 6.43 Å². The van der Waals surface area contributed by atoms with Crippen LogP contribution in [-0.4, -0.2) is 54.9 Å². The van der Waals surface area contributed by atoms with Crippen molar-refractivity contribution in [3.63, 3.8) is 0 Å². The molecule has 2 rings (SSSR count). The number of hydrogen-bond acceptors (Lipinski definition) is 3. The summed E-state index contributed by atoms with van der Waals surface area (Å²) in [4.78, 5) is 16.0. The lowest BCUT2D eigenvalue weighted by Crippen LogP contribution is -2.57. The van der Waals surface area contributed by atoms with Crippen LogP contribution in [0.5, 0.6) is 0 Å². The maximum atomic E-state index is 12.7. The van der Waals surface area contributed by atoms with Gasteiger partial charge in [0.2, 0.25) is 5.91 Å². The van der Waals surface area contributed by atoms with Crippen molar-refractivity contribution in [3.05, 3.63) is 34.3 Å². The zero-order valence-corrected chi connectivity index (χ0v) is 16.5. The normalized spacial score (nSPS) is 17.7. The average molecular weight is 449 g/mol. The summed E-state index contributed by atoms with van der Waals surface area (Å²) in [5.74, 6) is -0.175. The van der Waals surface area contributed by atoms with Gasteiger partial charge in [-0.25, -0.2) is 8.78 Å². The Hall–Kier alpha value is -0.470. The highest BCUT2D eigenvalue weighted by atomic mass is 79.9. The summed E-state index contributed by atoms with van der Waals surface area (Å²) >= 11 is 3.35. The maximum Gasteiger partial charge on any atom is 0.251 e. The zero-order valence-electron chi connectivity index (χ0n) is 13.3. The van der Waals surface area contributed by atoms with Crippen molar-refractivity contribution >= 4 is 46.7 Å². The van der Waals surface area contributed by atoms with E-state index in [4.69, 9.17) is 5.73 Å². The van der Waals surface area contributed by atoms with Gasteiger partial charge in [-0.15, -0.1) is 24.8 Å². The number of hydrogen-bond donors (Lipinski definition) is 1. The number of nitrogens with zero attached hydrogens (tertiary/aromatic N) is 2. The Labute approximate surface area is 161 Å². The smallest absolute Gasteiger partial charge is 0.251 e. The number of carbonyl (C=O) groups excluding carboxylic acids is 1. The van der Waals surface area contributed by atoms with Crippen LogP contribution in [0.3, 0.4) is 0 Å². The lowest BCUT2D eigenvalue weighted by Gasteiger charge is -2.38. The Morgan fingerprint density at radius 1 is 1.21 bits per heavy atom. The van der Waals surface area contributed by atoms with Crippen LogP contribution in [0.25, 0.3) is 0 Å². The highest BCUT2D eigenvalue weighted by Crippen LogP contribution is 2.23. The quantitative estimate of drug-likeness (QED) is 0.770. The fraction of sp³-hybridized carbons (Fsp3) is 0.533. The summed E-state index contributed by atoms with van der Waals surface area (Å²) in [5, 5.41) is 0. The summed E-state index contributed by atoms with van der Waals surface area (Å²) in [7, 11) is 0. The number of halogens is 5. The molecule has 1 amide bonds. The molecule has 1 fully saturated rings. The van der Waals surface area contributed by atoms with E-state index in [2.05, 4.69) is 15.9 Å². The molecule has 138 valence electrons. The fourth-order valence-electron chi connectivity index (χ4n) is 2.58. The second-order valence-electron chi connectivity index (χ2n) is 5.69. The third kappa shape index (κ3) is 5.81. The van der Waals surface area contributed by atoms with Gasteiger partial charge in [-0.3, -0.25) is 9.69 Å². The zero-order chi connectivity index (χ0) is 16.3. The summed E-state index contributed by atoms with van der Waals surface area (Å²) in [6.45, 7) is 3.20. The SMILES string of the molecule is CC(N)(C(=O)N1CCN(CC(F)F)CC1)c1ccc(Br)cc1.Cl.Cl. The first-order valence-corrected chi connectivity index (χ1v) is 7.95. The Morgan fingerprint density at radius 3 is 2.17 bits per heavy atom. The van der Waals surface area contributed by atoms with Crippen molar-refractivity contribution in [2.75, 3.05) is 32.7 Å². The van der Waals surface area contributed by atoms with Crippen molar-refractivity contribution in [3.8, 4) is 0 Å². The second kappa shape index (κ2) is 9.87. The molecule has 1 atom stereocenters. The van der Waals surface area contributed by atoms with E-state index in [1.807, 2.05) is 24.3 Å². The van der Waals surface area contributed by atoms with E-state index in [9.17, 15) is 13.6 Å². The maximum absolute atomic E-state index is 12.7. The minimum Gasteiger partial charge on any atom is -0.338 e. The van der Waals surface area contributed by atoms with Crippen LogP contribution in [0, 0.1) is 0 Å². The number of amides is 1. The van der Waals surface area contributed by atoms with Crippen molar-refractivity contribution < 1.29 is 13.6 Å². The average Bonchev–Trinajstić information content (AvgIpc) is 2.47. The fourth-order valence-corrected chi connectivity index (χ4v) is 2.84. The summed E-state index contributed by atoms with van der Waals surface area (Å²) in [5.41, 5.74) is 5.85. The monoisotopic (exact) mass is 447 g/mol. The molecule has 1 aromatic rings. The molecule has 1 heterocycles. The topological polar surface area (TPSA) is 49.6 Å². The van der Waals surface area contributed by atoms with Crippen LogP contribution >= 0.6 is 40.7 Å². The molecule has 0 spiro atoms. The van der Waals surface area contributed by atoms with Crippen LogP contribution in [0.1, 0.15) is 12.5 Å². The number of nitrogens with two attached hydrogens (primary N) is 1. The van der Waals surface area contributed by atoms with E-state index in [0.717, 1.165) is 10.0 Å². The predicted octanol–water partition coefficient (Wildman–Crippen LogP) is 2.88. The van der Waals surface area contributed by atoms with Crippen LogP contribution in [0.2, 0.25) is 0 Å². The molecule has 1 saturated heterocycles. The molecule has 0 saturated carbocycles. The highest BCUT2D eigenvalue weighted by Gasteiger charge is 2.35. The lowest BCUT2D eigenvalue weighted by molar-refractivity contribution is -0.138. The van der Waals surface area contributed by atoms with Gasteiger partial charge in [0.1, 0.15) is 5.54 Å². The van der Waals surface area contributed by atoms with Gasteiger partial charge in [0, 0.05) is 30.7 Å². The minimum absolute atomic E-state index is 0. The number of rotatable bonds is 4. The lowest BCUT2D eigenvalue weighted by atomic mass is 9.91. The molecule has 0 bridgehead atoms. The van der Waals surface area contributed by atoms with Gasteiger partial charge in [0.05, 0.1) is 6.54 Å². The third-order valence-electron chi connectivity index (χ3n) is 3.94. The molecule has 2 N–H and O–H groups in total. The summed E-state index contributed by atoms with van der Waals surface area (Å²) < 4.78 is 25.7. The van der Waals surface area contributed by atoms with Crippen molar-refractivity contribution in [1.82, 2.24) is 9.80 Å². The Bertz CT molecular complexity index is 524. The molecule has 1 aliphatic heterocycles. The number of piperazine rings is 1. The minimum atomic E-state index is -2.34. The van der Waals surface area contributed by atoms with Crippen LogP contribution in [-0.2, 0) is 10.3 Å². The number of carbonyl (C=O) groups is 1. The third-order valence-corrected chi connectivity index (χ3v) is 4.47. The van der Waals surface area contributed by atoms with E-state index in [0.29, 0.717) is 26.2 Å². The largest absolute Gasteiger partial charge is 0.338 e. The Kier molecular flexibility index (Phi) is 9.68. The molecular formula is C15H22BrCl2F2N3O. The second-order valence-corrected chi connectivity index (χ2v) is 6.61. The summed E-state index contributed by atoms with van der Waals surface area (Å²) in [6, 6.07) is 7.31. The first kappa shape index (κ1) is 23.5. The van der Waals surface area contributed by atoms with Gasteiger partial charge in [-0.05, 0) is 24.6 Å². The standard InChI is InChI=1S/C15H20BrF2N3O.2ClH/c1-15(19,11-2-4-12(16)5-3-11)14(22)21-8-6-20(7-9-21)10-13(17)18;;/h2-5,13H,6-10,19H2,1H3;2*1H. The Balaban J connectivity index is 0.00000264. The van der Waals surface area contributed by atoms with E-state index in [-0.39, 0.29) is 37.3 Å². The van der Waals surface area contributed by atoms with Crippen LogP contribution < -0.4 is 5.73 Å². The van der Waals surface area contributed by atoms with Gasteiger partial charge >= 0.3 is 0 Å². The molecule has 1 aliphatic rings. The van der Waals surface area contributed by atoms with Crippen molar-refractivity contribution in [2.45, 2.75) is 18.9 Å². The molecule has 4 nitrogen and oxygen atoms in total. The molecule has 0 radical (unpaired) electrons. The van der Waals surface area contributed by atoms with Gasteiger partial charge in [-0.2, -0.15) is 0 Å². The molecular weight excluding hydrogens is 427 g/mol. The van der Waals surface area contributed by atoms with Crippen LogP contribution in [0.15, 0.2) is 28.7 Å². The van der Waals surface area contributed by atoms with Crippen molar-refractivity contribution in [2.24, 2.45) is 5.73 Å². The molecule has 0 aromatic heterocycles. The first-order chi connectivity index (χ1) is 10.3. The van der Waals surface area contributed by atoms with Crippen molar-refractivity contribution in [1.29, 1.82) is 0 Å². The van der Waals surface area contributed by atoms with Gasteiger partial charge in [0.15, 0.2) is 0 Å². The summed E-state index contributed by atoms with van der Waals surface area (Å²) in [6.07, 6.45) is -2.34. The number of alkyl halides is 2. The molecule has 24 heavy (non-hydrogen) atoms. The highest BCUT2D eigenvalue weighted by molar-refractivity contribution is 9.10. The molecule has 1 aromatic carbocycles. The van der Waals surface area contributed by atoms with E-state index < -0.39 is 12.0 Å².